The molecule has 0 aliphatic heterocycles. The summed E-state index contributed by atoms with van der Waals surface area (Å²) in [5, 5.41) is 7.00. The van der Waals surface area contributed by atoms with Crippen molar-refractivity contribution >= 4 is 11.5 Å². The Morgan fingerprint density at radius 2 is 2.00 bits per heavy atom. The van der Waals surface area contributed by atoms with E-state index in [2.05, 4.69) is 14.9 Å². The lowest BCUT2D eigenvalue weighted by Gasteiger charge is -2.18. The molecular formula is C13H14F3N3S. The molecule has 1 heterocycles. The maximum absolute atomic E-state index is 14.0. The molecule has 0 spiro atoms. The maximum atomic E-state index is 14.0. The highest BCUT2D eigenvalue weighted by Crippen LogP contribution is 2.30. The molecule has 0 radical (unpaired) electrons. The molecule has 0 fully saturated rings. The fourth-order valence-electron chi connectivity index (χ4n) is 1.90. The highest BCUT2D eigenvalue weighted by molar-refractivity contribution is 7.05. The van der Waals surface area contributed by atoms with Gasteiger partial charge in [-0.3, -0.25) is 0 Å². The van der Waals surface area contributed by atoms with E-state index in [4.69, 9.17) is 0 Å². The average molecular weight is 301 g/mol. The smallest absolute Gasteiger partial charge is 0.194 e. The Bertz CT molecular complexity index is 601. The van der Waals surface area contributed by atoms with Gasteiger partial charge in [0.05, 0.1) is 16.6 Å². The quantitative estimate of drug-likeness (QED) is 0.861. The van der Waals surface area contributed by atoms with Crippen molar-refractivity contribution in [1.29, 1.82) is 0 Å². The van der Waals surface area contributed by atoms with Crippen LogP contribution in [-0.2, 0) is 0 Å². The molecule has 1 aromatic heterocycles. The Morgan fingerprint density at radius 3 is 2.60 bits per heavy atom. The van der Waals surface area contributed by atoms with E-state index >= 15 is 0 Å². The van der Waals surface area contributed by atoms with Gasteiger partial charge in [0.15, 0.2) is 17.5 Å². The number of nitrogens with one attached hydrogen (secondary N) is 1. The molecule has 1 unspecified atom stereocenters. The van der Waals surface area contributed by atoms with E-state index in [-0.39, 0.29) is 5.56 Å². The molecular weight excluding hydrogens is 287 g/mol. The second-order valence-corrected chi connectivity index (χ2v) is 5.16. The number of nitrogens with zero attached hydrogens (tertiary/aromatic N) is 2. The van der Waals surface area contributed by atoms with Gasteiger partial charge in [-0.05, 0) is 37.5 Å². The standard InChI is InChI=1S/C13H14F3N3S/c1-3-6-17-12(13-7(2)18-19-20-13)8-4-5-9(14)11(16)10(8)15/h4-5,12,17H,3,6H2,1-2H3. The predicted molar refractivity (Wildman–Crippen MR) is 71.1 cm³/mol. The number of benzene rings is 1. The summed E-state index contributed by atoms with van der Waals surface area (Å²) in [4.78, 5) is 0.698. The molecule has 20 heavy (non-hydrogen) atoms. The topological polar surface area (TPSA) is 37.8 Å². The molecule has 0 saturated heterocycles. The Labute approximate surface area is 119 Å². The molecule has 0 aliphatic carbocycles. The van der Waals surface area contributed by atoms with Crippen molar-refractivity contribution in [3.8, 4) is 0 Å². The van der Waals surface area contributed by atoms with Gasteiger partial charge < -0.3 is 5.32 Å². The number of halogens is 3. The van der Waals surface area contributed by atoms with Gasteiger partial charge in [0.2, 0.25) is 0 Å². The number of hydrogen-bond donors (Lipinski definition) is 1. The van der Waals surface area contributed by atoms with Gasteiger partial charge in [0, 0.05) is 5.56 Å². The van der Waals surface area contributed by atoms with E-state index < -0.39 is 23.5 Å². The number of aryl methyl sites for hydroxylation is 1. The summed E-state index contributed by atoms with van der Waals surface area (Å²) in [6.45, 7) is 4.32. The van der Waals surface area contributed by atoms with Crippen LogP contribution in [0, 0.1) is 24.4 Å². The third kappa shape index (κ3) is 2.83. The Balaban J connectivity index is 2.47. The maximum Gasteiger partial charge on any atom is 0.194 e. The molecule has 0 saturated carbocycles. The van der Waals surface area contributed by atoms with Crippen molar-refractivity contribution in [2.45, 2.75) is 26.3 Å². The minimum atomic E-state index is -1.46. The van der Waals surface area contributed by atoms with Crippen LogP contribution in [0.4, 0.5) is 13.2 Å². The molecule has 0 amide bonds. The first-order chi connectivity index (χ1) is 9.56. The third-order valence-electron chi connectivity index (χ3n) is 2.92. The zero-order chi connectivity index (χ0) is 14.7. The van der Waals surface area contributed by atoms with Gasteiger partial charge in [-0.1, -0.05) is 17.5 Å². The third-order valence-corrected chi connectivity index (χ3v) is 3.81. The molecule has 0 bridgehead atoms. The second kappa shape index (κ2) is 6.32. The highest BCUT2D eigenvalue weighted by Gasteiger charge is 2.25. The van der Waals surface area contributed by atoms with Crippen molar-refractivity contribution in [3.63, 3.8) is 0 Å². The Hall–Kier alpha value is -1.47. The van der Waals surface area contributed by atoms with Crippen LogP contribution in [0.15, 0.2) is 12.1 Å². The summed E-state index contributed by atoms with van der Waals surface area (Å²) < 4.78 is 44.2. The second-order valence-electron chi connectivity index (χ2n) is 4.37. The summed E-state index contributed by atoms with van der Waals surface area (Å²) in [6.07, 6.45) is 0.826. The van der Waals surface area contributed by atoms with Crippen molar-refractivity contribution in [2.75, 3.05) is 6.54 Å². The van der Waals surface area contributed by atoms with E-state index in [0.717, 1.165) is 24.0 Å². The number of aromatic nitrogens is 2. The minimum absolute atomic E-state index is 0.0616. The summed E-state index contributed by atoms with van der Waals surface area (Å²) in [5.74, 6) is -3.83. The molecule has 2 rings (SSSR count). The van der Waals surface area contributed by atoms with E-state index in [1.54, 1.807) is 6.92 Å². The van der Waals surface area contributed by atoms with Crippen LogP contribution in [0.3, 0.4) is 0 Å². The Morgan fingerprint density at radius 1 is 1.25 bits per heavy atom. The number of rotatable bonds is 5. The average Bonchev–Trinajstić information content (AvgIpc) is 2.85. The zero-order valence-corrected chi connectivity index (χ0v) is 11.9. The first-order valence-corrected chi connectivity index (χ1v) is 6.99. The van der Waals surface area contributed by atoms with Crippen molar-refractivity contribution in [2.24, 2.45) is 0 Å². The monoisotopic (exact) mass is 301 g/mol. The van der Waals surface area contributed by atoms with Crippen LogP contribution in [0.5, 0.6) is 0 Å². The van der Waals surface area contributed by atoms with Crippen molar-refractivity contribution in [1.82, 2.24) is 14.9 Å². The SMILES string of the molecule is CCCNC(c1ccc(F)c(F)c1F)c1snnc1C. The molecule has 2 aromatic rings. The van der Waals surface area contributed by atoms with Gasteiger partial charge >= 0.3 is 0 Å². The lowest BCUT2D eigenvalue weighted by atomic mass is 10.0. The first kappa shape index (κ1) is 14.9. The van der Waals surface area contributed by atoms with E-state index in [1.807, 2.05) is 6.92 Å². The molecule has 0 aliphatic rings. The molecule has 1 aromatic carbocycles. The normalized spacial score (nSPS) is 12.7. The van der Waals surface area contributed by atoms with Crippen molar-refractivity contribution in [3.05, 3.63) is 45.7 Å². The van der Waals surface area contributed by atoms with Crippen molar-refractivity contribution < 1.29 is 13.2 Å². The first-order valence-electron chi connectivity index (χ1n) is 6.21. The highest BCUT2D eigenvalue weighted by atomic mass is 32.1. The van der Waals surface area contributed by atoms with Crippen LogP contribution >= 0.6 is 11.5 Å². The fourth-order valence-corrected chi connectivity index (χ4v) is 2.64. The number of hydrogen-bond acceptors (Lipinski definition) is 4. The molecule has 7 heteroatoms. The Kier molecular flexibility index (Phi) is 4.72. The van der Waals surface area contributed by atoms with Gasteiger partial charge in [0.25, 0.3) is 0 Å². The van der Waals surface area contributed by atoms with Crippen LogP contribution in [0.2, 0.25) is 0 Å². The molecule has 1 atom stereocenters. The fraction of sp³-hybridized carbons (Fsp3) is 0.385. The van der Waals surface area contributed by atoms with Gasteiger partial charge in [0.1, 0.15) is 0 Å². The summed E-state index contributed by atoms with van der Waals surface area (Å²) in [5.41, 5.74) is 0.708. The summed E-state index contributed by atoms with van der Waals surface area (Å²) in [7, 11) is 0. The van der Waals surface area contributed by atoms with Crippen LogP contribution < -0.4 is 5.32 Å². The predicted octanol–water partition coefficient (Wildman–Crippen LogP) is 3.35. The largest absolute Gasteiger partial charge is 0.305 e. The van der Waals surface area contributed by atoms with E-state index in [9.17, 15) is 13.2 Å². The van der Waals surface area contributed by atoms with Gasteiger partial charge in [-0.25, -0.2) is 13.2 Å². The lowest BCUT2D eigenvalue weighted by molar-refractivity contribution is 0.432. The molecule has 3 nitrogen and oxygen atoms in total. The minimum Gasteiger partial charge on any atom is -0.305 e. The van der Waals surface area contributed by atoms with Crippen LogP contribution in [-0.4, -0.2) is 16.1 Å². The van der Waals surface area contributed by atoms with Crippen LogP contribution in [0.25, 0.3) is 0 Å². The van der Waals surface area contributed by atoms with E-state index in [1.165, 1.54) is 6.07 Å². The van der Waals surface area contributed by atoms with Gasteiger partial charge in [-0.15, -0.1) is 5.10 Å². The van der Waals surface area contributed by atoms with E-state index in [0.29, 0.717) is 17.1 Å². The summed E-state index contributed by atoms with van der Waals surface area (Å²) >= 11 is 1.12. The van der Waals surface area contributed by atoms with Crippen LogP contribution in [0.1, 0.15) is 35.5 Å². The summed E-state index contributed by atoms with van der Waals surface area (Å²) in [6, 6.07) is 1.60. The molecule has 108 valence electrons. The zero-order valence-electron chi connectivity index (χ0n) is 11.1. The van der Waals surface area contributed by atoms with Gasteiger partial charge in [-0.2, -0.15) is 0 Å². The lowest BCUT2D eigenvalue weighted by Crippen LogP contribution is -2.24. The molecule has 1 N–H and O–H groups in total.